The first-order valence-corrected chi connectivity index (χ1v) is 12.9. The van der Waals surface area contributed by atoms with E-state index in [-0.39, 0.29) is 25.8 Å². The van der Waals surface area contributed by atoms with E-state index < -0.39 is 49.2 Å². The number of ether oxygens (including phenoxy) is 5. The molecular weight excluding hydrogens is 483 g/mol. The number of aliphatic hydroxyl groups excluding tert-OH is 1. The minimum atomic E-state index is -2.50. The average molecular weight is 509 g/mol. The number of nitrogens with zero attached hydrogens (tertiary/aromatic N) is 1. The Morgan fingerprint density at radius 1 is 1.36 bits per heavy atom. The van der Waals surface area contributed by atoms with Crippen molar-refractivity contribution in [3.63, 3.8) is 0 Å². The number of methoxy groups -OCH3 is 1. The molecule has 0 aromatic carbocycles. The maximum atomic E-state index is 12.6. The number of aromatic nitrogens is 2. The van der Waals surface area contributed by atoms with E-state index in [9.17, 15) is 24.1 Å². The van der Waals surface area contributed by atoms with Gasteiger partial charge < -0.3 is 28.8 Å². The fourth-order valence-electron chi connectivity index (χ4n) is 3.15. The molecule has 13 nitrogen and oxygen atoms in total. The fraction of sp³-hybridized carbons (Fsp3) is 0.722. The third-order valence-corrected chi connectivity index (χ3v) is 7.05. The van der Waals surface area contributed by atoms with Crippen molar-refractivity contribution in [3.8, 4) is 0 Å². The predicted octanol–water partition coefficient (Wildman–Crippen LogP) is 0.540. The molecule has 0 spiro atoms. The second-order valence-electron chi connectivity index (χ2n) is 7.34. The normalized spacial score (nSPS) is 25.1. The molecule has 1 aliphatic carbocycles. The fourth-order valence-corrected chi connectivity index (χ4v) is 4.81. The Balaban J connectivity index is 1.70. The van der Waals surface area contributed by atoms with E-state index >= 15 is 0 Å². The molecule has 2 N–H and O–H groups in total. The monoisotopic (exact) mass is 509 g/mol. The first-order chi connectivity index (χ1) is 15.9. The van der Waals surface area contributed by atoms with Crippen molar-refractivity contribution in [2.45, 2.75) is 30.8 Å². The number of aliphatic hydroxyl groups is 1. The number of hydrogen-bond donors (Lipinski definition) is 2. The zero-order chi connectivity index (χ0) is 23.8. The maximum Gasteiger partial charge on any atom is 0.589 e. The van der Waals surface area contributed by atoms with E-state index in [1.54, 1.807) is 0 Å². The molecule has 4 atom stereocenters. The van der Waals surface area contributed by atoms with E-state index in [1.807, 2.05) is 0 Å². The quantitative estimate of drug-likeness (QED) is 0.164. The molecular formula is C18H26N2O11PS+. The van der Waals surface area contributed by atoms with Crippen molar-refractivity contribution in [3.05, 3.63) is 33.1 Å². The molecule has 1 aromatic rings. The smallest absolute Gasteiger partial charge is 0.434 e. The SMILES string of the molecule is COCCO[C@]1(n2ccc(=O)[nH]c2=O)CO[C@H](CO)[C@H]1O[P+](=O)SCOC(=O)OCC1CC1. The number of aromatic amines is 1. The lowest BCUT2D eigenvalue weighted by molar-refractivity contribution is -0.160. The number of carbonyl (C=O) groups excluding carboxylic acids is 1. The van der Waals surface area contributed by atoms with Gasteiger partial charge in [0, 0.05) is 19.4 Å². The predicted molar refractivity (Wildman–Crippen MR) is 114 cm³/mol. The summed E-state index contributed by atoms with van der Waals surface area (Å²) in [4.78, 5) is 37.7. The summed E-state index contributed by atoms with van der Waals surface area (Å²) >= 11 is 0.686. The van der Waals surface area contributed by atoms with Crippen molar-refractivity contribution in [2.75, 3.05) is 46.1 Å². The van der Waals surface area contributed by atoms with Gasteiger partial charge in [-0.2, -0.15) is 0 Å². The molecule has 0 bridgehead atoms. The van der Waals surface area contributed by atoms with Crippen LogP contribution in [0.1, 0.15) is 12.8 Å². The highest BCUT2D eigenvalue weighted by atomic mass is 32.7. The van der Waals surface area contributed by atoms with Crippen LogP contribution in [0.15, 0.2) is 21.9 Å². The molecule has 0 amide bonds. The lowest BCUT2D eigenvalue weighted by Crippen LogP contribution is -2.55. The third kappa shape index (κ3) is 6.85. The van der Waals surface area contributed by atoms with Crippen molar-refractivity contribution in [1.29, 1.82) is 0 Å². The number of carbonyl (C=O) groups is 1. The number of hydrogen-bond acceptors (Lipinski definition) is 12. The van der Waals surface area contributed by atoms with E-state index in [2.05, 4.69) is 4.98 Å². The highest BCUT2D eigenvalue weighted by molar-refractivity contribution is 8.50. The topological polar surface area (TPSA) is 165 Å². The van der Waals surface area contributed by atoms with Crippen LogP contribution in [0.5, 0.6) is 0 Å². The Bertz CT molecular complexity index is 936. The molecule has 3 rings (SSSR count). The zero-order valence-corrected chi connectivity index (χ0v) is 19.6. The summed E-state index contributed by atoms with van der Waals surface area (Å²) < 4.78 is 45.5. The van der Waals surface area contributed by atoms with Crippen molar-refractivity contribution >= 4 is 24.8 Å². The van der Waals surface area contributed by atoms with Gasteiger partial charge in [0.2, 0.25) is 17.1 Å². The summed E-state index contributed by atoms with van der Waals surface area (Å²) in [6.45, 7) is -0.303. The van der Waals surface area contributed by atoms with Gasteiger partial charge in [0.15, 0.2) is 12.0 Å². The second-order valence-corrected chi connectivity index (χ2v) is 10.2. The van der Waals surface area contributed by atoms with Crippen LogP contribution in [0.2, 0.25) is 0 Å². The Labute approximate surface area is 193 Å². The highest BCUT2D eigenvalue weighted by Crippen LogP contribution is 2.46. The molecule has 1 unspecified atom stereocenters. The lowest BCUT2D eigenvalue weighted by Gasteiger charge is -2.33. The van der Waals surface area contributed by atoms with Crippen molar-refractivity contribution < 1.29 is 42.7 Å². The van der Waals surface area contributed by atoms with Gasteiger partial charge in [-0.05, 0) is 23.3 Å². The van der Waals surface area contributed by atoms with Gasteiger partial charge in [0.25, 0.3) is 5.56 Å². The summed E-state index contributed by atoms with van der Waals surface area (Å²) in [6.07, 6.45) is 0.170. The van der Waals surface area contributed by atoms with Gasteiger partial charge >= 0.3 is 19.1 Å². The molecule has 184 valence electrons. The molecule has 2 aliphatic rings. The molecule has 0 radical (unpaired) electrons. The van der Waals surface area contributed by atoms with Crippen molar-refractivity contribution in [2.24, 2.45) is 5.92 Å². The van der Waals surface area contributed by atoms with Crippen LogP contribution >= 0.6 is 18.6 Å². The van der Waals surface area contributed by atoms with E-state index in [0.717, 1.165) is 23.5 Å². The minimum Gasteiger partial charge on any atom is -0.434 e. The molecule has 1 saturated heterocycles. The lowest BCUT2D eigenvalue weighted by atomic mass is 10.1. The second kappa shape index (κ2) is 12.1. The summed E-state index contributed by atoms with van der Waals surface area (Å²) in [7, 11) is -1.04. The zero-order valence-electron chi connectivity index (χ0n) is 17.9. The van der Waals surface area contributed by atoms with Crippen LogP contribution in [-0.2, 0) is 38.5 Å². The van der Waals surface area contributed by atoms with Crippen LogP contribution in [0.4, 0.5) is 4.79 Å². The van der Waals surface area contributed by atoms with Crippen LogP contribution in [-0.4, -0.2) is 79.1 Å². The highest BCUT2D eigenvalue weighted by Gasteiger charge is 2.58. The molecule has 15 heteroatoms. The van der Waals surface area contributed by atoms with E-state index in [0.29, 0.717) is 23.9 Å². The first-order valence-electron chi connectivity index (χ1n) is 10.1. The summed E-state index contributed by atoms with van der Waals surface area (Å²) in [6, 6.07) is 1.11. The van der Waals surface area contributed by atoms with Crippen LogP contribution in [0.25, 0.3) is 0 Å². The molecule has 1 saturated carbocycles. The Hall–Kier alpha value is -1.80. The summed E-state index contributed by atoms with van der Waals surface area (Å²) in [5, 5.41) is 9.75. The molecule has 2 heterocycles. The van der Waals surface area contributed by atoms with Crippen LogP contribution in [0.3, 0.4) is 0 Å². The Morgan fingerprint density at radius 2 is 2.15 bits per heavy atom. The summed E-state index contributed by atoms with van der Waals surface area (Å²) in [5.41, 5.74) is -3.07. The number of H-pyrrole nitrogens is 1. The summed E-state index contributed by atoms with van der Waals surface area (Å²) in [5.74, 6) is 0.0807. The Morgan fingerprint density at radius 3 is 2.82 bits per heavy atom. The molecule has 2 fully saturated rings. The number of nitrogens with one attached hydrogen (secondary N) is 1. The largest absolute Gasteiger partial charge is 0.589 e. The van der Waals surface area contributed by atoms with Gasteiger partial charge in [0.1, 0.15) is 6.10 Å². The maximum absolute atomic E-state index is 12.6. The molecule has 1 aliphatic heterocycles. The van der Waals surface area contributed by atoms with Gasteiger partial charge in [0.05, 0.1) is 33.0 Å². The van der Waals surface area contributed by atoms with Gasteiger partial charge in [-0.3, -0.25) is 14.3 Å². The first kappa shape index (κ1) is 25.8. The van der Waals surface area contributed by atoms with Crippen LogP contribution in [0, 0.1) is 5.92 Å². The van der Waals surface area contributed by atoms with Crippen molar-refractivity contribution in [1.82, 2.24) is 9.55 Å². The Kier molecular flexibility index (Phi) is 9.44. The average Bonchev–Trinajstić information content (AvgIpc) is 3.55. The van der Waals surface area contributed by atoms with Crippen LogP contribution < -0.4 is 11.2 Å². The van der Waals surface area contributed by atoms with E-state index in [4.69, 9.17) is 28.2 Å². The van der Waals surface area contributed by atoms with Gasteiger partial charge in [-0.1, -0.05) is 0 Å². The van der Waals surface area contributed by atoms with Gasteiger partial charge in [-0.15, -0.1) is 4.52 Å². The van der Waals surface area contributed by atoms with Gasteiger partial charge in [-0.25, -0.2) is 9.59 Å². The molecule has 1 aromatic heterocycles. The number of rotatable bonds is 13. The standard InChI is InChI=1S/C18H25N2O11PS/c1-26-6-7-30-18(20-5-4-14(22)19-16(20)23)10-28-13(8-21)15(18)31-32(25)33-11-29-17(24)27-9-12-2-3-12/h4-5,12-13,15,21H,2-3,6-11H2,1H3/p+1/t13-,15-,18-/m1/s1. The molecule has 33 heavy (non-hydrogen) atoms. The van der Waals surface area contributed by atoms with E-state index in [1.165, 1.54) is 13.3 Å². The minimum absolute atomic E-state index is 0.00328. The third-order valence-electron chi connectivity index (χ3n) is 5.01.